The molecule has 0 aliphatic carbocycles. The third kappa shape index (κ3) is 3.04. The van der Waals surface area contributed by atoms with Crippen LogP contribution in [-0.2, 0) is 6.54 Å². The second-order valence-corrected chi connectivity index (χ2v) is 7.37. The van der Waals surface area contributed by atoms with Crippen LogP contribution in [0.25, 0.3) is 21.8 Å². The number of piperidine rings is 1. The van der Waals surface area contributed by atoms with Crippen LogP contribution < -0.4 is 5.56 Å². The second kappa shape index (κ2) is 6.67. The summed E-state index contributed by atoms with van der Waals surface area (Å²) in [6.07, 6.45) is 4.42. The Hall–Kier alpha value is -2.92. The number of aromatic nitrogens is 3. The monoisotopic (exact) mass is 358 g/mol. The number of rotatable bonds is 3. The van der Waals surface area contributed by atoms with Crippen LogP contribution >= 0.6 is 0 Å². The first-order valence-electron chi connectivity index (χ1n) is 9.54. The zero-order chi connectivity index (χ0) is 18.2. The molecule has 5 heteroatoms. The van der Waals surface area contributed by atoms with Gasteiger partial charge < -0.3 is 9.97 Å². The minimum absolute atomic E-state index is 0.0516. The smallest absolute Gasteiger partial charge is 0.258 e. The number of nitrogens with one attached hydrogen (secondary N) is 2. The van der Waals surface area contributed by atoms with E-state index >= 15 is 0 Å². The molecule has 1 aliphatic heterocycles. The fraction of sp³-hybridized carbons (Fsp3) is 0.273. The SMILES string of the molecule is O=c1[nH]c(CN2CCC(c3c[nH]c4ccccc34)CC2)nc2ccccc12. The van der Waals surface area contributed by atoms with Gasteiger partial charge in [-0.2, -0.15) is 0 Å². The van der Waals surface area contributed by atoms with Gasteiger partial charge in [-0.1, -0.05) is 30.3 Å². The van der Waals surface area contributed by atoms with Crippen LogP contribution in [0.1, 0.15) is 30.1 Å². The van der Waals surface area contributed by atoms with Crippen LogP contribution in [0.5, 0.6) is 0 Å². The molecule has 0 radical (unpaired) electrons. The van der Waals surface area contributed by atoms with E-state index in [1.807, 2.05) is 24.3 Å². The third-order valence-electron chi connectivity index (χ3n) is 5.68. The summed E-state index contributed by atoms with van der Waals surface area (Å²) in [6.45, 7) is 2.72. The van der Waals surface area contributed by atoms with Crippen LogP contribution in [0.15, 0.2) is 59.5 Å². The number of nitrogens with zero attached hydrogens (tertiary/aromatic N) is 2. The van der Waals surface area contributed by atoms with E-state index < -0.39 is 0 Å². The maximum absolute atomic E-state index is 12.3. The van der Waals surface area contributed by atoms with Crippen LogP contribution in [0.2, 0.25) is 0 Å². The second-order valence-electron chi connectivity index (χ2n) is 7.37. The number of hydrogen-bond acceptors (Lipinski definition) is 3. The van der Waals surface area contributed by atoms with Gasteiger partial charge in [-0.15, -0.1) is 0 Å². The Morgan fingerprint density at radius 2 is 1.74 bits per heavy atom. The van der Waals surface area contributed by atoms with E-state index in [0.29, 0.717) is 17.8 Å². The zero-order valence-corrected chi connectivity index (χ0v) is 15.1. The zero-order valence-electron chi connectivity index (χ0n) is 15.1. The Bertz CT molecular complexity index is 1150. The molecule has 136 valence electrons. The number of aromatic amines is 2. The lowest BCUT2D eigenvalue weighted by atomic mass is 9.89. The molecule has 0 amide bonds. The molecule has 1 fully saturated rings. The summed E-state index contributed by atoms with van der Waals surface area (Å²) in [5, 5.41) is 2.00. The first-order chi connectivity index (χ1) is 13.3. The first kappa shape index (κ1) is 16.3. The van der Waals surface area contributed by atoms with Gasteiger partial charge in [0.1, 0.15) is 5.82 Å². The average Bonchev–Trinajstić information content (AvgIpc) is 3.13. The highest BCUT2D eigenvalue weighted by Crippen LogP contribution is 2.33. The molecule has 0 unspecified atom stereocenters. The topological polar surface area (TPSA) is 64.8 Å². The number of H-pyrrole nitrogens is 2. The third-order valence-corrected chi connectivity index (χ3v) is 5.68. The minimum Gasteiger partial charge on any atom is -0.361 e. The van der Waals surface area contributed by atoms with Gasteiger partial charge in [0.25, 0.3) is 5.56 Å². The van der Waals surface area contributed by atoms with Gasteiger partial charge in [0.05, 0.1) is 17.4 Å². The van der Waals surface area contributed by atoms with E-state index in [1.165, 1.54) is 16.5 Å². The van der Waals surface area contributed by atoms with Crippen LogP contribution in [0.4, 0.5) is 0 Å². The molecule has 2 N–H and O–H groups in total. The molecule has 27 heavy (non-hydrogen) atoms. The van der Waals surface area contributed by atoms with Crippen LogP contribution in [0.3, 0.4) is 0 Å². The lowest BCUT2D eigenvalue weighted by Gasteiger charge is -2.31. The molecule has 4 aromatic rings. The fourth-order valence-electron chi connectivity index (χ4n) is 4.26. The normalized spacial score (nSPS) is 16.3. The van der Waals surface area contributed by atoms with Crippen molar-refractivity contribution in [1.82, 2.24) is 19.9 Å². The van der Waals surface area contributed by atoms with Gasteiger partial charge in [0.2, 0.25) is 0 Å². The van der Waals surface area contributed by atoms with E-state index in [1.54, 1.807) is 0 Å². The number of benzene rings is 2. The highest BCUT2D eigenvalue weighted by Gasteiger charge is 2.23. The molecule has 0 saturated carbocycles. The van der Waals surface area contributed by atoms with Crippen molar-refractivity contribution in [2.45, 2.75) is 25.3 Å². The van der Waals surface area contributed by atoms with Gasteiger partial charge in [0, 0.05) is 17.1 Å². The van der Waals surface area contributed by atoms with Crippen molar-refractivity contribution >= 4 is 21.8 Å². The molecule has 2 aromatic heterocycles. The number of fused-ring (bicyclic) bond motifs is 2. The van der Waals surface area contributed by atoms with E-state index in [9.17, 15) is 4.79 Å². The molecule has 5 rings (SSSR count). The fourth-order valence-corrected chi connectivity index (χ4v) is 4.26. The Morgan fingerprint density at radius 1 is 1.00 bits per heavy atom. The van der Waals surface area contributed by atoms with E-state index in [-0.39, 0.29) is 5.56 Å². The van der Waals surface area contributed by atoms with Crippen LogP contribution in [-0.4, -0.2) is 32.9 Å². The van der Waals surface area contributed by atoms with Gasteiger partial charge in [0.15, 0.2) is 0 Å². The van der Waals surface area contributed by atoms with Crippen molar-refractivity contribution < 1.29 is 0 Å². The summed E-state index contributed by atoms with van der Waals surface area (Å²) in [4.78, 5) is 25.6. The van der Waals surface area contributed by atoms with Crippen molar-refractivity contribution in [3.63, 3.8) is 0 Å². The Labute approximate surface area is 157 Å². The van der Waals surface area contributed by atoms with Crippen molar-refractivity contribution in [1.29, 1.82) is 0 Å². The van der Waals surface area contributed by atoms with E-state index in [4.69, 9.17) is 0 Å². The Balaban J connectivity index is 1.30. The minimum atomic E-state index is -0.0516. The van der Waals surface area contributed by atoms with Gasteiger partial charge >= 0.3 is 0 Å². The lowest BCUT2D eigenvalue weighted by Crippen LogP contribution is -2.33. The Kier molecular flexibility index (Phi) is 4.02. The highest BCUT2D eigenvalue weighted by molar-refractivity contribution is 5.83. The highest BCUT2D eigenvalue weighted by atomic mass is 16.1. The average molecular weight is 358 g/mol. The quantitative estimate of drug-likeness (QED) is 0.586. The summed E-state index contributed by atoms with van der Waals surface area (Å²) in [7, 11) is 0. The van der Waals surface area contributed by atoms with Gasteiger partial charge in [-0.25, -0.2) is 4.98 Å². The van der Waals surface area contributed by atoms with Crippen molar-refractivity contribution in [3.8, 4) is 0 Å². The molecule has 1 saturated heterocycles. The molecule has 5 nitrogen and oxygen atoms in total. The van der Waals surface area contributed by atoms with Crippen molar-refractivity contribution in [3.05, 3.63) is 76.5 Å². The molecule has 2 aromatic carbocycles. The summed E-state index contributed by atoms with van der Waals surface area (Å²) in [6, 6.07) is 16.0. The first-order valence-corrected chi connectivity index (χ1v) is 9.54. The maximum atomic E-state index is 12.3. The van der Waals surface area contributed by atoms with Gasteiger partial charge in [-0.3, -0.25) is 9.69 Å². The predicted octanol–water partition coefficient (Wildman–Crippen LogP) is 3.78. The molecule has 3 heterocycles. The van der Waals surface area contributed by atoms with Crippen LogP contribution in [0, 0.1) is 0 Å². The van der Waals surface area contributed by atoms with E-state index in [0.717, 1.165) is 37.3 Å². The Morgan fingerprint density at radius 3 is 2.59 bits per heavy atom. The van der Waals surface area contributed by atoms with E-state index in [2.05, 4.69) is 50.3 Å². The summed E-state index contributed by atoms with van der Waals surface area (Å²) in [5.74, 6) is 1.34. The number of para-hydroxylation sites is 2. The summed E-state index contributed by atoms with van der Waals surface area (Å²) < 4.78 is 0. The van der Waals surface area contributed by atoms with Crippen molar-refractivity contribution in [2.75, 3.05) is 13.1 Å². The van der Waals surface area contributed by atoms with Gasteiger partial charge in [-0.05, 0) is 55.6 Å². The molecule has 0 spiro atoms. The number of hydrogen-bond donors (Lipinski definition) is 2. The predicted molar refractivity (Wildman–Crippen MR) is 108 cm³/mol. The number of likely N-dealkylation sites (tertiary alicyclic amines) is 1. The molecular formula is C22H22N4O. The van der Waals surface area contributed by atoms with Crippen molar-refractivity contribution in [2.24, 2.45) is 0 Å². The summed E-state index contributed by atoms with van der Waals surface area (Å²) >= 11 is 0. The molecular weight excluding hydrogens is 336 g/mol. The molecule has 0 atom stereocenters. The largest absolute Gasteiger partial charge is 0.361 e. The summed E-state index contributed by atoms with van der Waals surface area (Å²) in [5.41, 5.74) is 3.37. The standard InChI is InChI=1S/C22H22N4O/c27-22-17-6-2-4-8-20(17)24-21(25-22)14-26-11-9-15(10-12-26)18-13-23-19-7-3-1-5-16(18)19/h1-8,13,15,23H,9-12,14H2,(H,24,25,27). The maximum Gasteiger partial charge on any atom is 0.258 e. The molecule has 1 aliphatic rings. The molecule has 0 bridgehead atoms. The lowest BCUT2D eigenvalue weighted by molar-refractivity contribution is 0.200.